The van der Waals surface area contributed by atoms with Gasteiger partial charge in [0.25, 0.3) is 0 Å². The summed E-state index contributed by atoms with van der Waals surface area (Å²) in [6, 6.07) is 1.61. The lowest BCUT2D eigenvalue weighted by molar-refractivity contribution is 0.0392. The van der Waals surface area contributed by atoms with Gasteiger partial charge in [-0.15, -0.1) is 0 Å². The van der Waals surface area contributed by atoms with Crippen LogP contribution >= 0.6 is 0 Å². The Morgan fingerprint density at radius 1 is 0.657 bits per heavy atom. The Kier molecular flexibility index (Phi) is 10.7. The van der Waals surface area contributed by atoms with Crippen LogP contribution in [0.5, 0.6) is 0 Å². The van der Waals surface area contributed by atoms with Gasteiger partial charge in [-0.3, -0.25) is 0 Å². The molecule has 3 atom stereocenters. The molecule has 0 bridgehead atoms. The topological polar surface area (TPSA) is 24.9 Å². The minimum Gasteiger partial charge on any atom is -0.349 e. The van der Waals surface area contributed by atoms with Crippen LogP contribution in [0, 0.1) is 17.8 Å². The zero-order valence-electron chi connectivity index (χ0n) is 23.3. The van der Waals surface area contributed by atoms with Gasteiger partial charge in [0, 0.05) is 12.1 Å². The summed E-state index contributed by atoms with van der Waals surface area (Å²) in [4.78, 5) is 5.39. The number of ether oxygens (including phenoxy) is 2. The summed E-state index contributed by atoms with van der Waals surface area (Å²) < 4.78 is 11.5. The van der Waals surface area contributed by atoms with Crippen LogP contribution in [-0.2, 0) is 9.47 Å². The fraction of sp³-hybridized carbons (Fsp3) is 0.871. The molecule has 0 aromatic heterocycles. The molecule has 1 saturated heterocycles. The second-order valence-corrected chi connectivity index (χ2v) is 11.6. The van der Waals surface area contributed by atoms with Crippen molar-refractivity contribution < 1.29 is 9.47 Å². The van der Waals surface area contributed by atoms with Crippen LogP contribution in [0.3, 0.4) is 0 Å². The predicted octanol–water partition coefficient (Wildman–Crippen LogP) is 6.81. The SMILES string of the molecule is CCN(CC)C1CCC(C(=C/C=C/C2CCC3OCOC3C2)C2CCC(N(CC)CC)CC2)CC1. The lowest BCUT2D eigenvalue weighted by Gasteiger charge is -2.41. The van der Waals surface area contributed by atoms with E-state index in [9.17, 15) is 0 Å². The van der Waals surface area contributed by atoms with Gasteiger partial charge in [0.15, 0.2) is 0 Å². The molecule has 200 valence electrons. The predicted molar refractivity (Wildman–Crippen MR) is 147 cm³/mol. The third-order valence-corrected chi connectivity index (χ3v) is 10.0. The molecule has 0 aromatic carbocycles. The highest BCUT2D eigenvalue weighted by atomic mass is 16.7. The molecule has 3 aliphatic carbocycles. The van der Waals surface area contributed by atoms with E-state index in [4.69, 9.17) is 9.47 Å². The van der Waals surface area contributed by atoms with Gasteiger partial charge in [-0.25, -0.2) is 0 Å². The number of hydrogen-bond donors (Lipinski definition) is 0. The van der Waals surface area contributed by atoms with E-state index in [1.807, 2.05) is 0 Å². The van der Waals surface area contributed by atoms with Gasteiger partial charge in [-0.1, -0.05) is 51.5 Å². The van der Waals surface area contributed by atoms with Crippen LogP contribution in [-0.4, -0.2) is 67.1 Å². The molecule has 0 aromatic rings. The maximum Gasteiger partial charge on any atom is 0.147 e. The molecule has 35 heavy (non-hydrogen) atoms. The Morgan fingerprint density at radius 3 is 1.69 bits per heavy atom. The summed E-state index contributed by atoms with van der Waals surface area (Å²) in [5, 5.41) is 0. The van der Waals surface area contributed by atoms with Gasteiger partial charge in [0.1, 0.15) is 6.79 Å². The minimum absolute atomic E-state index is 0.326. The number of fused-ring (bicyclic) bond motifs is 1. The van der Waals surface area contributed by atoms with Gasteiger partial charge >= 0.3 is 0 Å². The van der Waals surface area contributed by atoms with E-state index in [-0.39, 0.29) is 0 Å². The molecule has 4 aliphatic rings. The lowest BCUT2D eigenvalue weighted by atomic mass is 9.71. The van der Waals surface area contributed by atoms with Crippen LogP contribution < -0.4 is 0 Å². The van der Waals surface area contributed by atoms with Crippen LogP contribution in [0.2, 0.25) is 0 Å². The molecule has 0 radical (unpaired) electrons. The average molecular weight is 487 g/mol. The Balaban J connectivity index is 1.40. The summed E-state index contributed by atoms with van der Waals surface area (Å²) in [7, 11) is 0. The van der Waals surface area contributed by atoms with Crippen LogP contribution in [0.4, 0.5) is 0 Å². The van der Waals surface area contributed by atoms with Gasteiger partial charge in [0.2, 0.25) is 0 Å². The van der Waals surface area contributed by atoms with Crippen LogP contribution in [0.25, 0.3) is 0 Å². The molecule has 4 nitrogen and oxygen atoms in total. The van der Waals surface area contributed by atoms with E-state index in [0.29, 0.717) is 24.9 Å². The van der Waals surface area contributed by atoms with E-state index in [1.54, 1.807) is 5.57 Å². The van der Waals surface area contributed by atoms with Crippen molar-refractivity contribution >= 4 is 0 Å². The molecular formula is C31H54N2O2. The molecule has 4 rings (SSSR count). The summed E-state index contributed by atoms with van der Waals surface area (Å²) in [5.74, 6) is 2.24. The number of hydrogen-bond acceptors (Lipinski definition) is 4. The summed E-state index contributed by atoms with van der Waals surface area (Å²) in [6.07, 6.45) is 22.8. The van der Waals surface area contributed by atoms with Gasteiger partial charge in [-0.05, 0) is 115 Å². The van der Waals surface area contributed by atoms with E-state index < -0.39 is 0 Å². The molecule has 3 unspecified atom stereocenters. The number of rotatable bonds is 10. The first-order valence-corrected chi connectivity index (χ1v) is 15.3. The first-order chi connectivity index (χ1) is 17.2. The number of nitrogens with zero attached hydrogens (tertiary/aromatic N) is 2. The summed E-state index contributed by atoms with van der Waals surface area (Å²) in [6.45, 7) is 14.6. The molecule has 0 spiro atoms. The zero-order valence-corrected chi connectivity index (χ0v) is 23.3. The Labute approximate surface area is 216 Å². The second kappa shape index (κ2) is 13.7. The molecule has 4 fully saturated rings. The third-order valence-electron chi connectivity index (χ3n) is 10.0. The summed E-state index contributed by atoms with van der Waals surface area (Å²) in [5.41, 5.74) is 1.80. The average Bonchev–Trinajstić information content (AvgIpc) is 3.37. The van der Waals surface area contributed by atoms with Crippen molar-refractivity contribution in [3.8, 4) is 0 Å². The smallest absolute Gasteiger partial charge is 0.147 e. The largest absolute Gasteiger partial charge is 0.349 e. The molecule has 3 saturated carbocycles. The van der Waals surface area contributed by atoms with Crippen molar-refractivity contribution in [3.05, 3.63) is 23.8 Å². The van der Waals surface area contributed by atoms with Crippen molar-refractivity contribution in [2.75, 3.05) is 33.0 Å². The van der Waals surface area contributed by atoms with E-state index in [2.05, 4.69) is 55.7 Å². The maximum absolute atomic E-state index is 5.82. The minimum atomic E-state index is 0.326. The van der Waals surface area contributed by atoms with Gasteiger partial charge < -0.3 is 19.3 Å². The normalized spacial score (nSPS) is 36.1. The fourth-order valence-electron chi connectivity index (χ4n) is 7.85. The van der Waals surface area contributed by atoms with Gasteiger partial charge in [0.05, 0.1) is 12.2 Å². The molecule has 1 aliphatic heterocycles. The fourth-order valence-corrected chi connectivity index (χ4v) is 7.85. The van der Waals surface area contributed by atoms with E-state index >= 15 is 0 Å². The van der Waals surface area contributed by atoms with Crippen molar-refractivity contribution in [1.29, 1.82) is 0 Å². The molecule has 1 heterocycles. The van der Waals surface area contributed by atoms with E-state index in [0.717, 1.165) is 36.8 Å². The maximum atomic E-state index is 5.82. The van der Waals surface area contributed by atoms with Crippen molar-refractivity contribution in [1.82, 2.24) is 9.80 Å². The number of allylic oxidation sites excluding steroid dienone is 4. The second-order valence-electron chi connectivity index (χ2n) is 11.6. The highest BCUT2D eigenvalue weighted by Gasteiger charge is 2.35. The third kappa shape index (κ3) is 7.00. The van der Waals surface area contributed by atoms with Crippen molar-refractivity contribution in [3.63, 3.8) is 0 Å². The highest BCUT2D eigenvalue weighted by molar-refractivity contribution is 5.21. The Bertz CT molecular complexity index is 633. The molecule has 0 amide bonds. The molecular weight excluding hydrogens is 432 g/mol. The molecule has 0 N–H and O–H groups in total. The van der Waals surface area contributed by atoms with Crippen LogP contribution in [0.1, 0.15) is 98.3 Å². The quantitative estimate of drug-likeness (QED) is 0.317. The van der Waals surface area contributed by atoms with Crippen molar-refractivity contribution in [2.45, 2.75) is 123 Å². The Morgan fingerprint density at radius 2 is 1.17 bits per heavy atom. The standard InChI is InChI=1S/C31H54N2O2/c1-5-32(6-2)27-17-13-25(14-18-27)29(26-15-19-28(20-16-26)33(7-3)8-4)11-9-10-24-12-21-30-31(22-24)35-23-34-30/h9-11,24-28,30-31H,5-8,12-23H2,1-4H3/b10-9+,29-11?. The van der Waals surface area contributed by atoms with Crippen molar-refractivity contribution in [2.24, 2.45) is 17.8 Å². The first kappa shape index (κ1) is 27.4. The monoisotopic (exact) mass is 486 g/mol. The first-order valence-electron chi connectivity index (χ1n) is 15.3. The highest BCUT2D eigenvalue weighted by Crippen LogP contribution is 2.41. The summed E-state index contributed by atoms with van der Waals surface area (Å²) >= 11 is 0. The Hall–Kier alpha value is -0.680. The lowest BCUT2D eigenvalue weighted by Crippen LogP contribution is -2.39. The van der Waals surface area contributed by atoms with Crippen LogP contribution in [0.15, 0.2) is 23.8 Å². The van der Waals surface area contributed by atoms with E-state index in [1.165, 1.54) is 84.0 Å². The zero-order chi connectivity index (χ0) is 24.6. The molecule has 4 heteroatoms. The van der Waals surface area contributed by atoms with Gasteiger partial charge in [-0.2, -0.15) is 0 Å².